The molecule has 0 unspecified atom stereocenters. The molecule has 0 radical (unpaired) electrons. The van der Waals surface area contributed by atoms with Crippen molar-refractivity contribution in [2.45, 2.75) is 25.7 Å². The molecule has 0 aliphatic heterocycles. The Labute approximate surface area is 88.9 Å². The first kappa shape index (κ1) is 9.36. The summed E-state index contributed by atoms with van der Waals surface area (Å²) in [5.74, 6) is 0.981. The summed E-state index contributed by atoms with van der Waals surface area (Å²) in [5.41, 5.74) is 1.31. The lowest BCUT2D eigenvalue weighted by Crippen LogP contribution is -1.86. The molecule has 2 heteroatoms. The summed E-state index contributed by atoms with van der Waals surface area (Å²) in [6.45, 7) is 0. The summed E-state index contributed by atoms with van der Waals surface area (Å²) in [6, 6.07) is 5.93. The Morgan fingerprint density at radius 2 is 1.92 bits per heavy atom. The quantitative estimate of drug-likeness (QED) is 0.703. The summed E-state index contributed by atoms with van der Waals surface area (Å²) in [7, 11) is 0. The van der Waals surface area contributed by atoms with E-state index in [1.807, 2.05) is 12.1 Å². The molecule has 0 amide bonds. The minimum absolute atomic E-state index is 0.650. The highest BCUT2D eigenvalue weighted by Gasteiger charge is 2.20. The van der Waals surface area contributed by atoms with Crippen LogP contribution in [0.4, 0.5) is 0 Å². The van der Waals surface area contributed by atoms with Gasteiger partial charge < -0.3 is 0 Å². The number of benzene rings is 1. The van der Waals surface area contributed by atoms with Gasteiger partial charge in [-0.2, -0.15) is 0 Å². The first-order valence-corrected chi connectivity index (χ1v) is 5.45. The Bertz CT molecular complexity index is 303. The van der Waals surface area contributed by atoms with E-state index in [9.17, 15) is 0 Å². The highest BCUT2D eigenvalue weighted by molar-refractivity contribution is 6.42. The van der Waals surface area contributed by atoms with Crippen LogP contribution in [-0.2, 0) is 6.42 Å². The van der Waals surface area contributed by atoms with Gasteiger partial charge in [-0.05, 0) is 36.5 Å². The van der Waals surface area contributed by atoms with E-state index in [4.69, 9.17) is 23.2 Å². The zero-order chi connectivity index (χ0) is 9.26. The molecule has 0 aromatic heterocycles. The van der Waals surface area contributed by atoms with E-state index in [1.165, 1.54) is 24.8 Å². The van der Waals surface area contributed by atoms with Crippen LogP contribution in [0.1, 0.15) is 24.8 Å². The van der Waals surface area contributed by atoms with Crippen LogP contribution in [-0.4, -0.2) is 0 Å². The van der Waals surface area contributed by atoms with Crippen molar-refractivity contribution in [3.8, 4) is 0 Å². The fourth-order valence-corrected chi connectivity index (χ4v) is 1.79. The number of rotatable bonds is 3. The van der Waals surface area contributed by atoms with Crippen molar-refractivity contribution in [2.24, 2.45) is 5.92 Å². The van der Waals surface area contributed by atoms with Gasteiger partial charge in [0, 0.05) is 0 Å². The summed E-state index contributed by atoms with van der Waals surface area (Å²) in [4.78, 5) is 0. The second kappa shape index (κ2) is 3.89. The monoisotopic (exact) mass is 214 g/mol. The Morgan fingerprint density at radius 1 is 1.15 bits per heavy atom. The molecule has 1 saturated carbocycles. The lowest BCUT2D eigenvalue weighted by Gasteiger charge is -2.01. The third-order valence-electron chi connectivity index (χ3n) is 2.52. The zero-order valence-electron chi connectivity index (χ0n) is 7.39. The maximum Gasteiger partial charge on any atom is 0.0595 e. The average molecular weight is 215 g/mol. The number of hydrogen-bond acceptors (Lipinski definition) is 0. The van der Waals surface area contributed by atoms with E-state index in [0.717, 1.165) is 12.3 Å². The van der Waals surface area contributed by atoms with E-state index in [1.54, 1.807) is 0 Å². The molecule has 0 atom stereocenters. The van der Waals surface area contributed by atoms with Crippen LogP contribution in [0.25, 0.3) is 0 Å². The second-order valence-electron chi connectivity index (χ2n) is 3.73. The van der Waals surface area contributed by atoms with Crippen molar-refractivity contribution < 1.29 is 0 Å². The molecule has 0 spiro atoms. The predicted molar refractivity (Wildman–Crippen MR) is 57.5 cm³/mol. The largest absolute Gasteiger partial charge is 0.0827 e. The van der Waals surface area contributed by atoms with Crippen LogP contribution >= 0.6 is 23.2 Å². The molecule has 1 aromatic carbocycles. The molecule has 1 aromatic rings. The van der Waals surface area contributed by atoms with Crippen molar-refractivity contribution in [2.75, 3.05) is 0 Å². The third kappa shape index (κ3) is 2.62. The van der Waals surface area contributed by atoms with Gasteiger partial charge in [0.15, 0.2) is 0 Å². The topological polar surface area (TPSA) is 0 Å². The number of hydrogen-bond donors (Lipinski definition) is 0. The van der Waals surface area contributed by atoms with Crippen molar-refractivity contribution in [1.29, 1.82) is 0 Å². The van der Waals surface area contributed by atoms with Gasteiger partial charge in [-0.3, -0.25) is 0 Å². The normalized spacial score (nSPS) is 16.2. The van der Waals surface area contributed by atoms with Crippen LogP contribution in [0.15, 0.2) is 18.2 Å². The van der Waals surface area contributed by atoms with Crippen molar-refractivity contribution in [3.05, 3.63) is 33.8 Å². The second-order valence-corrected chi connectivity index (χ2v) is 4.54. The standard InChI is InChI=1S/C11H12Cl2/c12-10-6-5-9(7-11(10)13)4-3-8-1-2-8/h5-8H,1-4H2. The summed E-state index contributed by atoms with van der Waals surface area (Å²) >= 11 is 11.7. The molecule has 0 N–H and O–H groups in total. The minimum atomic E-state index is 0.650. The summed E-state index contributed by atoms with van der Waals surface area (Å²) in [5, 5.41) is 1.33. The molecule has 1 fully saturated rings. The van der Waals surface area contributed by atoms with Gasteiger partial charge in [0.2, 0.25) is 0 Å². The molecule has 1 aliphatic rings. The van der Waals surface area contributed by atoms with Crippen LogP contribution in [0.5, 0.6) is 0 Å². The number of halogens is 2. The molecule has 2 rings (SSSR count). The molecule has 0 nitrogen and oxygen atoms in total. The van der Waals surface area contributed by atoms with E-state index >= 15 is 0 Å². The molecule has 0 saturated heterocycles. The number of aryl methyl sites for hydroxylation is 1. The molecular weight excluding hydrogens is 203 g/mol. The molecule has 0 heterocycles. The van der Waals surface area contributed by atoms with Crippen molar-refractivity contribution in [1.82, 2.24) is 0 Å². The Morgan fingerprint density at radius 3 is 2.54 bits per heavy atom. The smallest absolute Gasteiger partial charge is 0.0595 e. The van der Waals surface area contributed by atoms with E-state index in [-0.39, 0.29) is 0 Å². The third-order valence-corrected chi connectivity index (χ3v) is 3.26. The Balaban J connectivity index is 1.98. The summed E-state index contributed by atoms with van der Waals surface area (Å²) < 4.78 is 0. The molecular formula is C11H12Cl2. The van der Waals surface area contributed by atoms with Crippen molar-refractivity contribution in [3.63, 3.8) is 0 Å². The summed E-state index contributed by atoms with van der Waals surface area (Å²) in [6.07, 6.45) is 5.28. The highest BCUT2D eigenvalue weighted by atomic mass is 35.5. The first-order chi connectivity index (χ1) is 6.25. The van der Waals surface area contributed by atoms with Gasteiger partial charge in [0.05, 0.1) is 10.0 Å². The first-order valence-electron chi connectivity index (χ1n) is 4.69. The lowest BCUT2D eigenvalue weighted by atomic mass is 10.1. The van der Waals surface area contributed by atoms with Gasteiger partial charge in [-0.1, -0.05) is 42.1 Å². The van der Waals surface area contributed by atoms with Crippen molar-refractivity contribution >= 4 is 23.2 Å². The van der Waals surface area contributed by atoms with Crippen LogP contribution < -0.4 is 0 Å². The zero-order valence-corrected chi connectivity index (χ0v) is 8.91. The lowest BCUT2D eigenvalue weighted by molar-refractivity contribution is 0.727. The maximum absolute atomic E-state index is 5.91. The minimum Gasteiger partial charge on any atom is -0.0827 e. The van der Waals surface area contributed by atoms with E-state index in [2.05, 4.69) is 6.07 Å². The Kier molecular flexibility index (Phi) is 2.80. The van der Waals surface area contributed by atoms with Gasteiger partial charge in [0.25, 0.3) is 0 Å². The Hall–Kier alpha value is -0.200. The van der Waals surface area contributed by atoms with Crippen LogP contribution in [0, 0.1) is 5.92 Å². The molecule has 0 bridgehead atoms. The van der Waals surface area contributed by atoms with Gasteiger partial charge >= 0.3 is 0 Å². The van der Waals surface area contributed by atoms with Gasteiger partial charge in [-0.25, -0.2) is 0 Å². The average Bonchev–Trinajstić information content (AvgIpc) is 2.91. The molecule has 70 valence electrons. The molecule has 1 aliphatic carbocycles. The SMILES string of the molecule is Clc1ccc(CCC2CC2)cc1Cl. The fourth-order valence-electron chi connectivity index (χ4n) is 1.47. The van der Waals surface area contributed by atoms with E-state index < -0.39 is 0 Å². The van der Waals surface area contributed by atoms with Gasteiger partial charge in [0.1, 0.15) is 0 Å². The maximum atomic E-state index is 5.91. The fraction of sp³-hybridized carbons (Fsp3) is 0.455. The highest BCUT2D eigenvalue weighted by Crippen LogP contribution is 2.34. The van der Waals surface area contributed by atoms with E-state index in [0.29, 0.717) is 10.0 Å². The molecule has 13 heavy (non-hydrogen) atoms. The van der Waals surface area contributed by atoms with Crippen LogP contribution in [0.2, 0.25) is 10.0 Å². The van der Waals surface area contributed by atoms with Crippen LogP contribution in [0.3, 0.4) is 0 Å². The predicted octanol–water partition coefficient (Wildman–Crippen LogP) is 4.34. The van der Waals surface area contributed by atoms with Gasteiger partial charge in [-0.15, -0.1) is 0 Å².